The Kier molecular flexibility index (Phi) is 6.45. The van der Waals surface area contributed by atoms with Gasteiger partial charge in [-0.2, -0.15) is 0 Å². The van der Waals surface area contributed by atoms with E-state index >= 15 is 0 Å². The summed E-state index contributed by atoms with van der Waals surface area (Å²) in [6, 6.07) is 12.0. The summed E-state index contributed by atoms with van der Waals surface area (Å²) in [6.45, 7) is -0.0897. The Balaban J connectivity index is 1.91. The molecule has 0 fully saturated rings. The largest absolute Gasteiger partial charge is 0.452 e. The summed E-state index contributed by atoms with van der Waals surface area (Å²) < 4.78 is 32.5. The summed E-state index contributed by atoms with van der Waals surface area (Å²) in [5.74, 6) is -1.26. The number of methoxy groups -OCH3 is 1. The van der Waals surface area contributed by atoms with Crippen LogP contribution in [-0.4, -0.2) is 34.0 Å². The SMILES string of the molecule is COCc1ccc(C(=O)OCC(=O)Nc2cccc(S(N)(=O)=O)c2)cc1. The van der Waals surface area contributed by atoms with Crippen molar-refractivity contribution in [2.24, 2.45) is 5.14 Å². The molecule has 138 valence electrons. The zero-order chi connectivity index (χ0) is 19.2. The van der Waals surface area contributed by atoms with Crippen molar-refractivity contribution in [3.8, 4) is 0 Å². The maximum atomic E-state index is 11.9. The minimum absolute atomic E-state index is 0.136. The van der Waals surface area contributed by atoms with Crippen LogP contribution in [0.4, 0.5) is 5.69 Å². The van der Waals surface area contributed by atoms with Crippen molar-refractivity contribution in [2.45, 2.75) is 11.5 Å². The molecule has 0 radical (unpaired) electrons. The second kappa shape index (κ2) is 8.56. The molecular weight excluding hydrogens is 360 g/mol. The summed E-state index contributed by atoms with van der Waals surface area (Å²) in [4.78, 5) is 23.7. The van der Waals surface area contributed by atoms with E-state index in [1.807, 2.05) is 0 Å². The molecule has 0 aliphatic carbocycles. The molecule has 0 aromatic heterocycles. The van der Waals surface area contributed by atoms with E-state index in [4.69, 9.17) is 14.6 Å². The van der Waals surface area contributed by atoms with Gasteiger partial charge >= 0.3 is 5.97 Å². The predicted octanol–water partition coefficient (Wildman–Crippen LogP) is 1.28. The van der Waals surface area contributed by atoms with E-state index in [1.165, 1.54) is 24.3 Å². The Morgan fingerprint density at radius 2 is 1.81 bits per heavy atom. The van der Waals surface area contributed by atoms with Gasteiger partial charge in [0.15, 0.2) is 6.61 Å². The van der Waals surface area contributed by atoms with E-state index in [0.29, 0.717) is 12.2 Å². The van der Waals surface area contributed by atoms with Gasteiger partial charge in [0.05, 0.1) is 17.1 Å². The molecule has 0 saturated carbocycles. The number of primary sulfonamides is 1. The first-order valence-corrected chi connectivity index (χ1v) is 9.02. The van der Waals surface area contributed by atoms with Crippen molar-refractivity contribution in [2.75, 3.05) is 19.0 Å². The number of carbonyl (C=O) groups excluding carboxylic acids is 2. The van der Waals surface area contributed by atoms with Crippen LogP contribution in [0.25, 0.3) is 0 Å². The van der Waals surface area contributed by atoms with E-state index < -0.39 is 28.5 Å². The van der Waals surface area contributed by atoms with Gasteiger partial charge in [-0.05, 0) is 35.9 Å². The number of hydrogen-bond donors (Lipinski definition) is 2. The van der Waals surface area contributed by atoms with Crippen LogP contribution in [-0.2, 0) is 30.9 Å². The number of anilines is 1. The molecule has 0 bridgehead atoms. The number of nitrogens with two attached hydrogens (primary N) is 1. The minimum atomic E-state index is -3.88. The fraction of sp³-hybridized carbons (Fsp3) is 0.176. The van der Waals surface area contributed by atoms with E-state index in [0.717, 1.165) is 5.56 Å². The lowest BCUT2D eigenvalue weighted by Crippen LogP contribution is -2.21. The molecule has 0 spiro atoms. The average molecular weight is 378 g/mol. The molecule has 3 N–H and O–H groups in total. The summed E-state index contributed by atoms with van der Waals surface area (Å²) in [6.07, 6.45) is 0. The summed E-state index contributed by atoms with van der Waals surface area (Å²) in [5.41, 5.74) is 1.42. The van der Waals surface area contributed by atoms with Crippen LogP contribution >= 0.6 is 0 Å². The van der Waals surface area contributed by atoms with Crippen molar-refractivity contribution >= 4 is 27.6 Å². The highest BCUT2D eigenvalue weighted by Gasteiger charge is 2.12. The van der Waals surface area contributed by atoms with Crippen LogP contribution in [0.1, 0.15) is 15.9 Å². The number of carbonyl (C=O) groups is 2. The standard InChI is InChI=1S/C17H18N2O6S/c1-24-10-12-5-7-13(8-6-12)17(21)25-11-16(20)19-14-3-2-4-15(9-14)26(18,22)23/h2-9H,10-11H2,1H3,(H,19,20)(H2,18,22,23). The first-order chi connectivity index (χ1) is 12.3. The molecule has 26 heavy (non-hydrogen) atoms. The Labute approximate surface area is 151 Å². The lowest BCUT2D eigenvalue weighted by atomic mass is 10.1. The smallest absolute Gasteiger partial charge is 0.338 e. The molecule has 9 heteroatoms. The fourth-order valence-corrected chi connectivity index (χ4v) is 2.63. The van der Waals surface area contributed by atoms with Crippen molar-refractivity contribution in [3.05, 3.63) is 59.7 Å². The molecule has 0 atom stereocenters. The lowest BCUT2D eigenvalue weighted by molar-refractivity contribution is -0.119. The Morgan fingerprint density at radius 1 is 1.12 bits per heavy atom. The van der Waals surface area contributed by atoms with Crippen LogP contribution < -0.4 is 10.5 Å². The molecule has 2 rings (SSSR count). The second-order valence-corrected chi connectivity index (χ2v) is 6.89. The van der Waals surface area contributed by atoms with E-state index in [1.54, 1.807) is 31.4 Å². The van der Waals surface area contributed by atoms with Crippen molar-refractivity contribution in [1.82, 2.24) is 0 Å². The first kappa shape index (κ1) is 19.6. The Bertz CT molecular complexity index is 894. The van der Waals surface area contributed by atoms with Gasteiger partial charge < -0.3 is 14.8 Å². The van der Waals surface area contributed by atoms with Crippen molar-refractivity contribution in [3.63, 3.8) is 0 Å². The monoisotopic (exact) mass is 378 g/mol. The van der Waals surface area contributed by atoms with E-state index in [9.17, 15) is 18.0 Å². The average Bonchev–Trinajstić information content (AvgIpc) is 2.60. The molecule has 8 nitrogen and oxygen atoms in total. The number of hydrogen-bond acceptors (Lipinski definition) is 6. The van der Waals surface area contributed by atoms with E-state index in [2.05, 4.69) is 5.32 Å². The molecule has 2 aromatic carbocycles. The van der Waals surface area contributed by atoms with Crippen LogP contribution in [0.2, 0.25) is 0 Å². The number of rotatable bonds is 7. The lowest BCUT2D eigenvalue weighted by Gasteiger charge is -2.08. The number of sulfonamides is 1. The third-order valence-corrected chi connectivity index (χ3v) is 4.19. The van der Waals surface area contributed by atoms with Gasteiger partial charge in [-0.3, -0.25) is 4.79 Å². The highest BCUT2D eigenvalue weighted by atomic mass is 32.2. The van der Waals surface area contributed by atoms with Gasteiger partial charge in [-0.15, -0.1) is 0 Å². The molecule has 0 aliphatic heterocycles. The Morgan fingerprint density at radius 3 is 2.42 bits per heavy atom. The molecule has 0 saturated heterocycles. The van der Waals surface area contributed by atoms with Crippen LogP contribution in [0.15, 0.2) is 53.4 Å². The maximum Gasteiger partial charge on any atom is 0.338 e. The van der Waals surface area contributed by atoms with Crippen LogP contribution in [0, 0.1) is 0 Å². The second-order valence-electron chi connectivity index (χ2n) is 5.33. The number of amides is 1. The van der Waals surface area contributed by atoms with Crippen molar-refractivity contribution in [1.29, 1.82) is 0 Å². The van der Waals surface area contributed by atoms with Gasteiger partial charge in [-0.1, -0.05) is 18.2 Å². The maximum absolute atomic E-state index is 11.9. The van der Waals surface area contributed by atoms with Gasteiger partial charge in [0, 0.05) is 12.8 Å². The van der Waals surface area contributed by atoms with Gasteiger partial charge in [0.25, 0.3) is 5.91 Å². The van der Waals surface area contributed by atoms with Gasteiger partial charge in [0.1, 0.15) is 0 Å². The first-order valence-electron chi connectivity index (χ1n) is 7.47. The van der Waals surface area contributed by atoms with Crippen LogP contribution in [0.5, 0.6) is 0 Å². The van der Waals surface area contributed by atoms with Crippen LogP contribution in [0.3, 0.4) is 0 Å². The summed E-state index contributed by atoms with van der Waals surface area (Å²) in [7, 11) is -2.31. The van der Waals surface area contributed by atoms with Crippen molar-refractivity contribution < 1.29 is 27.5 Å². The normalized spacial score (nSPS) is 11.0. The summed E-state index contributed by atoms with van der Waals surface area (Å²) in [5, 5.41) is 7.47. The molecule has 0 aliphatic rings. The number of nitrogens with one attached hydrogen (secondary N) is 1. The highest BCUT2D eigenvalue weighted by Crippen LogP contribution is 2.14. The Hall–Kier alpha value is -2.75. The third kappa shape index (κ3) is 5.66. The number of benzene rings is 2. The molecular formula is C17H18N2O6S. The molecule has 0 heterocycles. The third-order valence-electron chi connectivity index (χ3n) is 3.28. The summed E-state index contributed by atoms with van der Waals surface area (Å²) >= 11 is 0. The predicted molar refractivity (Wildman–Crippen MR) is 93.9 cm³/mol. The number of esters is 1. The zero-order valence-electron chi connectivity index (χ0n) is 14.0. The molecule has 1 amide bonds. The zero-order valence-corrected chi connectivity index (χ0v) is 14.8. The highest BCUT2D eigenvalue weighted by molar-refractivity contribution is 7.89. The van der Waals surface area contributed by atoms with Gasteiger partial charge in [0.2, 0.25) is 10.0 Å². The van der Waals surface area contributed by atoms with Gasteiger partial charge in [-0.25, -0.2) is 18.4 Å². The quantitative estimate of drug-likeness (QED) is 0.699. The number of ether oxygens (including phenoxy) is 2. The fourth-order valence-electron chi connectivity index (χ4n) is 2.07. The minimum Gasteiger partial charge on any atom is -0.452 e. The molecule has 2 aromatic rings. The van der Waals surface area contributed by atoms with E-state index in [-0.39, 0.29) is 10.6 Å². The topological polar surface area (TPSA) is 125 Å². The molecule has 0 unspecified atom stereocenters.